The van der Waals surface area contributed by atoms with Crippen LogP contribution < -0.4 is 16.0 Å². The summed E-state index contributed by atoms with van der Waals surface area (Å²) in [6.07, 6.45) is 0. The number of carbonyl (C=O) groups excluding carboxylic acids is 1. The number of nitrogens with zero attached hydrogens (tertiary/aromatic N) is 1. The van der Waals surface area contributed by atoms with Crippen molar-refractivity contribution >= 4 is 11.9 Å². The quantitative estimate of drug-likeness (QED) is 0.381. The van der Waals surface area contributed by atoms with Gasteiger partial charge in [0.05, 0.1) is 13.2 Å². The van der Waals surface area contributed by atoms with Crippen molar-refractivity contribution < 1.29 is 9.53 Å². The normalized spacial score (nSPS) is 14.0. The van der Waals surface area contributed by atoms with Crippen LogP contribution in [0.3, 0.4) is 0 Å². The number of methoxy groups -OCH3 is 1. The van der Waals surface area contributed by atoms with Crippen LogP contribution in [0.4, 0.5) is 0 Å². The average molecular weight is 320 g/mol. The highest BCUT2D eigenvalue weighted by Crippen LogP contribution is 2.18. The van der Waals surface area contributed by atoms with E-state index in [1.807, 2.05) is 18.2 Å². The van der Waals surface area contributed by atoms with E-state index in [9.17, 15) is 4.79 Å². The Labute approximate surface area is 138 Å². The summed E-state index contributed by atoms with van der Waals surface area (Å²) in [5.41, 5.74) is 1.26. The van der Waals surface area contributed by atoms with Crippen LogP contribution >= 0.6 is 0 Å². The van der Waals surface area contributed by atoms with Crippen molar-refractivity contribution in [2.24, 2.45) is 4.99 Å². The number of carbonyl (C=O) groups is 1. The van der Waals surface area contributed by atoms with E-state index in [0.717, 1.165) is 0 Å². The molecule has 6 nitrogen and oxygen atoms in total. The van der Waals surface area contributed by atoms with E-state index in [1.165, 1.54) is 5.56 Å². The molecule has 0 aliphatic heterocycles. The number of hydrogen-bond acceptors (Lipinski definition) is 3. The summed E-state index contributed by atoms with van der Waals surface area (Å²) >= 11 is 0. The van der Waals surface area contributed by atoms with Gasteiger partial charge in [-0.2, -0.15) is 0 Å². The Hall–Kier alpha value is -2.08. The third-order valence-corrected chi connectivity index (χ3v) is 3.71. The first kappa shape index (κ1) is 19.0. The zero-order valence-corrected chi connectivity index (χ0v) is 14.4. The van der Waals surface area contributed by atoms with Gasteiger partial charge in [0.1, 0.15) is 0 Å². The van der Waals surface area contributed by atoms with E-state index in [2.05, 4.69) is 46.9 Å². The molecule has 0 heterocycles. The first-order chi connectivity index (χ1) is 11.1. The Balaban J connectivity index is 2.42. The van der Waals surface area contributed by atoms with Gasteiger partial charge in [-0.3, -0.25) is 9.79 Å². The number of guanidine groups is 1. The Kier molecular flexibility index (Phi) is 8.75. The lowest BCUT2D eigenvalue weighted by Gasteiger charge is -2.24. The number of hydrogen-bond donors (Lipinski definition) is 3. The molecular weight excluding hydrogens is 292 g/mol. The Morgan fingerprint density at radius 1 is 1.22 bits per heavy atom. The number of ether oxygens (including phenoxy) is 1. The first-order valence-electron chi connectivity index (χ1n) is 7.86. The first-order valence-corrected chi connectivity index (χ1v) is 7.86. The highest BCUT2D eigenvalue weighted by atomic mass is 16.5. The number of aliphatic imine (C=N–C) groups is 1. The van der Waals surface area contributed by atoms with Crippen LogP contribution in [-0.2, 0) is 9.53 Å². The molecule has 3 N–H and O–H groups in total. The van der Waals surface area contributed by atoms with Crippen molar-refractivity contribution in [2.45, 2.75) is 25.8 Å². The highest BCUT2D eigenvalue weighted by molar-refractivity contribution is 5.86. The van der Waals surface area contributed by atoms with Crippen LogP contribution in [0.2, 0.25) is 0 Å². The molecule has 0 radical (unpaired) electrons. The zero-order chi connectivity index (χ0) is 17.1. The van der Waals surface area contributed by atoms with Crippen LogP contribution in [0.15, 0.2) is 35.3 Å². The van der Waals surface area contributed by atoms with Crippen LogP contribution in [0.5, 0.6) is 0 Å². The number of benzene rings is 1. The van der Waals surface area contributed by atoms with E-state index < -0.39 is 0 Å². The lowest BCUT2D eigenvalue weighted by molar-refractivity contribution is -0.120. The molecule has 0 fully saturated rings. The molecule has 1 aromatic carbocycles. The summed E-state index contributed by atoms with van der Waals surface area (Å²) in [6.45, 7) is 5.45. The summed E-state index contributed by atoms with van der Waals surface area (Å²) in [4.78, 5) is 15.8. The van der Waals surface area contributed by atoms with Gasteiger partial charge in [-0.1, -0.05) is 37.3 Å². The fraction of sp³-hybridized carbons (Fsp3) is 0.529. The van der Waals surface area contributed by atoms with Gasteiger partial charge in [0, 0.05) is 32.7 Å². The zero-order valence-electron chi connectivity index (χ0n) is 14.4. The molecule has 0 saturated carbocycles. The smallest absolute Gasteiger partial charge is 0.239 e. The van der Waals surface area contributed by atoms with Crippen molar-refractivity contribution in [2.75, 3.05) is 33.9 Å². The summed E-state index contributed by atoms with van der Waals surface area (Å²) < 4.78 is 4.89. The van der Waals surface area contributed by atoms with Crippen LogP contribution in [0.25, 0.3) is 0 Å². The highest BCUT2D eigenvalue weighted by Gasteiger charge is 2.15. The second-order valence-corrected chi connectivity index (χ2v) is 5.40. The lowest BCUT2D eigenvalue weighted by atomic mass is 9.94. The SMILES string of the molecule is CN=C(NCC(=O)NCCOC)NC(C)C(C)c1ccccc1. The molecule has 1 aromatic rings. The Bertz CT molecular complexity index is 491. The molecule has 0 spiro atoms. The van der Waals surface area contributed by atoms with Gasteiger partial charge in [-0.05, 0) is 12.5 Å². The molecule has 1 amide bonds. The van der Waals surface area contributed by atoms with E-state index in [0.29, 0.717) is 25.0 Å². The Morgan fingerprint density at radius 2 is 1.91 bits per heavy atom. The van der Waals surface area contributed by atoms with E-state index in [1.54, 1.807) is 14.2 Å². The van der Waals surface area contributed by atoms with Crippen LogP contribution in [0.1, 0.15) is 25.3 Å². The lowest BCUT2D eigenvalue weighted by Crippen LogP contribution is -2.47. The number of amides is 1. The molecule has 23 heavy (non-hydrogen) atoms. The minimum absolute atomic E-state index is 0.0891. The molecule has 1 rings (SSSR count). The maximum Gasteiger partial charge on any atom is 0.239 e. The maximum absolute atomic E-state index is 11.7. The minimum atomic E-state index is -0.0891. The number of nitrogens with one attached hydrogen (secondary N) is 3. The van der Waals surface area contributed by atoms with E-state index >= 15 is 0 Å². The average Bonchev–Trinajstić information content (AvgIpc) is 2.58. The fourth-order valence-electron chi connectivity index (χ4n) is 2.10. The molecule has 0 saturated heterocycles. The van der Waals surface area contributed by atoms with Crippen molar-refractivity contribution in [1.29, 1.82) is 0 Å². The summed E-state index contributed by atoms with van der Waals surface area (Å²) in [5.74, 6) is 0.848. The molecule has 0 aliphatic rings. The van der Waals surface area contributed by atoms with Crippen LogP contribution in [-0.4, -0.2) is 51.8 Å². The molecule has 0 aliphatic carbocycles. The molecule has 2 atom stereocenters. The molecule has 0 bridgehead atoms. The third-order valence-electron chi connectivity index (χ3n) is 3.71. The maximum atomic E-state index is 11.7. The fourth-order valence-corrected chi connectivity index (χ4v) is 2.10. The molecular formula is C17H28N4O2. The standard InChI is InChI=1S/C17H28N4O2/c1-13(15-8-6-5-7-9-15)14(2)21-17(18-3)20-12-16(22)19-10-11-23-4/h5-9,13-14H,10-12H2,1-4H3,(H,19,22)(H2,18,20,21). The van der Waals surface area contributed by atoms with Crippen molar-refractivity contribution in [3.05, 3.63) is 35.9 Å². The number of rotatable bonds is 8. The monoisotopic (exact) mass is 320 g/mol. The minimum Gasteiger partial charge on any atom is -0.383 e. The van der Waals surface area contributed by atoms with Crippen molar-refractivity contribution in [1.82, 2.24) is 16.0 Å². The summed E-state index contributed by atoms with van der Waals surface area (Å²) in [5, 5.41) is 9.10. The Morgan fingerprint density at radius 3 is 2.52 bits per heavy atom. The molecule has 0 aromatic heterocycles. The van der Waals surface area contributed by atoms with Crippen molar-refractivity contribution in [3.8, 4) is 0 Å². The van der Waals surface area contributed by atoms with Gasteiger partial charge < -0.3 is 20.7 Å². The van der Waals surface area contributed by atoms with Gasteiger partial charge in [0.2, 0.25) is 5.91 Å². The van der Waals surface area contributed by atoms with Crippen molar-refractivity contribution in [3.63, 3.8) is 0 Å². The largest absolute Gasteiger partial charge is 0.383 e. The van der Waals surface area contributed by atoms with Gasteiger partial charge in [-0.15, -0.1) is 0 Å². The van der Waals surface area contributed by atoms with E-state index in [4.69, 9.17) is 4.74 Å². The third kappa shape index (κ3) is 7.15. The van der Waals surface area contributed by atoms with Crippen LogP contribution in [0, 0.1) is 0 Å². The second-order valence-electron chi connectivity index (χ2n) is 5.40. The topological polar surface area (TPSA) is 74.8 Å². The van der Waals surface area contributed by atoms with Gasteiger partial charge in [-0.25, -0.2) is 0 Å². The predicted molar refractivity (Wildman–Crippen MR) is 93.7 cm³/mol. The van der Waals surface area contributed by atoms with Gasteiger partial charge in [0.15, 0.2) is 5.96 Å². The molecule has 6 heteroatoms. The molecule has 2 unspecified atom stereocenters. The van der Waals surface area contributed by atoms with Gasteiger partial charge in [0.25, 0.3) is 0 Å². The molecule has 128 valence electrons. The van der Waals surface area contributed by atoms with E-state index in [-0.39, 0.29) is 18.5 Å². The summed E-state index contributed by atoms with van der Waals surface area (Å²) in [6, 6.07) is 10.5. The predicted octanol–water partition coefficient (Wildman–Crippen LogP) is 1.11. The second kappa shape index (κ2) is 10.6. The van der Waals surface area contributed by atoms with Gasteiger partial charge >= 0.3 is 0 Å². The summed E-state index contributed by atoms with van der Waals surface area (Å²) in [7, 11) is 3.30.